The highest BCUT2D eigenvalue weighted by atomic mass is 32.2. The van der Waals surface area contributed by atoms with Gasteiger partial charge in [-0.1, -0.05) is 44.2 Å². The predicted molar refractivity (Wildman–Crippen MR) is 127 cm³/mol. The van der Waals surface area contributed by atoms with Crippen molar-refractivity contribution >= 4 is 23.6 Å². The number of hydrogen-bond acceptors (Lipinski definition) is 4. The van der Waals surface area contributed by atoms with Crippen molar-refractivity contribution in [2.75, 3.05) is 12.9 Å². The van der Waals surface area contributed by atoms with E-state index in [1.807, 2.05) is 75.4 Å². The molecule has 0 saturated carbocycles. The average Bonchev–Trinajstić information content (AvgIpc) is 2.79. The van der Waals surface area contributed by atoms with Gasteiger partial charge in [0, 0.05) is 29.7 Å². The normalized spacial score (nSPS) is 12.6. The number of carbonyl (C=O) groups excluding carboxylic acids is 2. The Kier molecular flexibility index (Phi) is 10.4. The Bertz CT molecular complexity index is 811. The van der Waals surface area contributed by atoms with Crippen molar-refractivity contribution in [1.82, 2.24) is 10.2 Å². The molecule has 0 spiro atoms. The van der Waals surface area contributed by atoms with Crippen LogP contribution in [-0.2, 0) is 16.1 Å². The predicted octanol–water partition coefficient (Wildman–Crippen LogP) is 4.90. The molecule has 0 heterocycles. The molecule has 0 saturated heterocycles. The van der Waals surface area contributed by atoms with E-state index in [4.69, 9.17) is 4.74 Å². The van der Waals surface area contributed by atoms with Gasteiger partial charge in [0.25, 0.3) is 0 Å². The van der Waals surface area contributed by atoms with Gasteiger partial charge in [0.2, 0.25) is 11.8 Å². The molecule has 0 radical (unpaired) electrons. The zero-order chi connectivity index (χ0) is 22.6. The maximum Gasteiger partial charge on any atom is 0.243 e. The lowest BCUT2D eigenvalue weighted by molar-refractivity contribution is -0.141. The third kappa shape index (κ3) is 7.94. The summed E-state index contributed by atoms with van der Waals surface area (Å²) >= 11 is 1.65. The molecule has 5 nitrogen and oxygen atoms in total. The van der Waals surface area contributed by atoms with Crippen LogP contribution in [0.4, 0.5) is 0 Å². The van der Waals surface area contributed by atoms with E-state index < -0.39 is 6.04 Å². The number of amides is 2. The van der Waals surface area contributed by atoms with Gasteiger partial charge in [0.15, 0.2) is 0 Å². The van der Waals surface area contributed by atoms with Gasteiger partial charge in [0.05, 0.1) is 7.11 Å². The molecule has 0 aliphatic carbocycles. The third-order valence-corrected chi connectivity index (χ3v) is 6.24. The average molecular weight is 443 g/mol. The monoisotopic (exact) mass is 442 g/mol. The summed E-state index contributed by atoms with van der Waals surface area (Å²) in [6, 6.07) is 17.3. The summed E-state index contributed by atoms with van der Waals surface area (Å²) in [5.74, 6) is 1.34. The van der Waals surface area contributed by atoms with Crippen LogP contribution >= 0.6 is 11.8 Å². The molecule has 2 aromatic rings. The van der Waals surface area contributed by atoms with E-state index in [0.717, 1.165) is 22.6 Å². The van der Waals surface area contributed by atoms with Gasteiger partial charge in [-0.05, 0) is 49.6 Å². The minimum atomic E-state index is -0.495. The molecule has 6 heteroatoms. The highest BCUT2D eigenvalue weighted by Gasteiger charge is 2.29. The molecule has 0 fully saturated rings. The summed E-state index contributed by atoms with van der Waals surface area (Å²) in [7, 11) is 1.63. The van der Waals surface area contributed by atoms with Crippen molar-refractivity contribution in [3.05, 3.63) is 60.2 Å². The first-order valence-electron chi connectivity index (χ1n) is 10.9. The second kappa shape index (κ2) is 13.1. The van der Waals surface area contributed by atoms with Crippen LogP contribution in [0.25, 0.3) is 0 Å². The summed E-state index contributed by atoms with van der Waals surface area (Å²) in [6.45, 7) is 6.36. The first-order chi connectivity index (χ1) is 15.0. The molecule has 1 N–H and O–H groups in total. The fourth-order valence-corrected chi connectivity index (χ4v) is 4.07. The summed E-state index contributed by atoms with van der Waals surface area (Å²) in [5.41, 5.74) is 0.972. The van der Waals surface area contributed by atoms with E-state index in [1.165, 1.54) is 0 Å². The zero-order valence-electron chi connectivity index (χ0n) is 19.0. The number of methoxy groups -OCH3 is 1. The molecule has 2 amide bonds. The van der Waals surface area contributed by atoms with Gasteiger partial charge in [-0.3, -0.25) is 9.59 Å². The van der Waals surface area contributed by atoms with Gasteiger partial charge >= 0.3 is 0 Å². The number of rotatable bonds is 12. The first-order valence-corrected chi connectivity index (χ1v) is 11.9. The lowest BCUT2D eigenvalue weighted by atomic mass is 10.1. The van der Waals surface area contributed by atoms with Gasteiger partial charge in [-0.15, -0.1) is 11.8 Å². The summed E-state index contributed by atoms with van der Waals surface area (Å²) in [6.07, 6.45) is 1.79. The van der Waals surface area contributed by atoms with Crippen molar-refractivity contribution in [3.8, 4) is 5.75 Å². The first kappa shape index (κ1) is 24.8. The van der Waals surface area contributed by atoms with Crippen LogP contribution in [0.1, 0.15) is 45.6 Å². The van der Waals surface area contributed by atoms with Crippen LogP contribution < -0.4 is 10.1 Å². The number of ether oxygens (including phenoxy) is 1. The number of nitrogens with zero attached hydrogens (tertiary/aromatic N) is 1. The number of hydrogen-bond donors (Lipinski definition) is 1. The van der Waals surface area contributed by atoms with Gasteiger partial charge in [-0.2, -0.15) is 0 Å². The minimum Gasteiger partial charge on any atom is -0.497 e. The molecule has 2 atom stereocenters. The number of benzene rings is 2. The van der Waals surface area contributed by atoms with Crippen molar-refractivity contribution in [3.63, 3.8) is 0 Å². The molecular weight excluding hydrogens is 408 g/mol. The van der Waals surface area contributed by atoms with Crippen molar-refractivity contribution in [2.24, 2.45) is 0 Å². The Morgan fingerprint density at radius 2 is 1.71 bits per heavy atom. The van der Waals surface area contributed by atoms with E-state index >= 15 is 0 Å². The SMILES string of the molecule is CC[C@@H](C)NC(=O)[C@@H](CC)N(Cc1ccc(OC)cc1)C(=O)CCSc1ccccc1. The van der Waals surface area contributed by atoms with Crippen LogP contribution in [0.5, 0.6) is 5.75 Å². The van der Waals surface area contributed by atoms with Crippen LogP contribution in [0.15, 0.2) is 59.5 Å². The van der Waals surface area contributed by atoms with Gasteiger partial charge < -0.3 is 15.0 Å². The quantitative estimate of drug-likeness (QED) is 0.475. The standard InChI is InChI=1S/C25H34N2O3S/c1-5-19(3)26-25(29)23(6-2)27(18-20-12-14-21(30-4)15-13-20)24(28)16-17-31-22-10-8-7-9-11-22/h7-15,19,23H,5-6,16-18H2,1-4H3,(H,26,29)/t19-,23-/m1/s1. The number of carbonyl (C=O) groups is 2. The zero-order valence-corrected chi connectivity index (χ0v) is 19.8. The van der Waals surface area contributed by atoms with Crippen molar-refractivity contribution in [1.29, 1.82) is 0 Å². The van der Waals surface area contributed by atoms with E-state index in [0.29, 0.717) is 25.1 Å². The molecule has 0 aliphatic heterocycles. The highest BCUT2D eigenvalue weighted by Crippen LogP contribution is 2.21. The van der Waals surface area contributed by atoms with E-state index in [-0.39, 0.29) is 17.9 Å². The fourth-order valence-electron chi connectivity index (χ4n) is 3.20. The van der Waals surface area contributed by atoms with Crippen LogP contribution in [0.3, 0.4) is 0 Å². The largest absolute Gasteiger partial charge is 0.497 e. The maximum atomic E-state index is 13.2. The number of nitrogens with one attached hydrogen (secondary N) is 1. The third-order valence-electron chi connectivity index (χ3n) is 5.23. The van der Waals surface area contributed by atoms with E-state index in [2.05, 4.69) is 5.32 Å². The molecule has 0 aliphatic rings. The Balaban J connectivity index is 2.13. The Labute approximate surface area is 190 Å². The minimum absolute atomic E-state index is 0.00889. The van der Waals surface area contributed by atoms with E-state index in [1.54, 1.807) is 23.8 Å². The topological polar surface area (TPSA) is 58.6 Å². The fraction of sp³-hybridized carbons (Fsp3) is 0.440. The molecule has 2 rings (SSSR count). The van der Waals surface area contributed by atoms with E-state index in [9.17, 15) is 9.59 Å². The molecule has 31 heavy (non-hydrogen) atoms. The Morgan fingerprint density at radius 1 is 1.03 bits per heavy atom. The van der Waals surface area contributed by atoms with Gasteiger partial charge in [-0.25, -0.2) is 0 Å². The summed E-state index contributed by atoms with van der Waals surface area (Å²) in [4.78, 5) is 29.0. The van der Waals surface area contributed by atoms with Crippen molar-refractivity contribution < 1.29 is 14.3 Å². The van der Waals surface area contributed by atoms with Gasteiger partial charge in [0.1, 0.15) is 11.8 Å². The smallest absolute Gasteiger partial charge is 0.243 e. The molecule has 0 aromatic heterocycles. The molecule has 168 valence electrons. The van der Waals surface area contributed by atoms with Crippen LogP contribution in [0, 0.1) is 0 Å². The Hall–Kier alpha value is -2.47. The lowest BCUT2D eigenvalue weighted by Crippen LogP contribution is -2.50. The number of thioether (sulfide) groups is 1. The van der Waals surface area contributed by atoms with Crippen molar-refractivity contribution in [2.45, 2.75) is 63.6 Å². The van der Waals surface area contributed by atoms with Crippen LogP contribution in [-0.4, -0.2) is 41.7 Å². The molecule has 0 unspecified atom stereocenters. The summed E-state index contributed by atoms with van der Waals surface area (Å²) in [5, 5.41) is 3.04. The molecule has 0 bridgehead atoms. The Morgan fingerprint density at radius 3 is 2.29 bits per heavy atom. The molecular formula is C25H34N2O3S. The lowest BCUT2D eigenvalue weighted by Gasteiger charge is -2.31. The second-order valence-corrected chi connectivity index (χ2v) is 8.69. The second-order valence-electron chi connectivity index (χ2n) is 7.52. The maximum absolute atomic E-state index is 13.2. The molecule has 2 aromatic carbocycles. The van der Waals surface area contributed by atoms with Crippen LogP contribution in [0.2, 0.25) is 0 Å². The highest BCUT2D eigenvalue weighted by molar-refractivity contribution is 7.99. The summed E-state index contributed by atoms with van der Waals surface area (Å²) < 4.78 is 5.23.